The molecule has 1 aromatic carbocycles. The van der Waals surface area contributed by atoms with Gasteiger partial charge in [0.25, 0.3) is 0 Å². The number of allylic oxidation sites excluding steroid dienone is 4. The lowest BCUT2D eigenvalue weighted by molar-refractivity contribution is 0.0539. The van der Waals surface area contributed by atoms with Crippen molar-refractivity contribution < 1.29 is 14.2 Å². The first-order chi connectivity index (χ1) is 11.4. The number of rotatable bonds is 7. The summed E-state index contributed by atoms with van der Waals surface area (Å²) in [5.41, 5.74) is 2.40. The van der Waals surface area contributed by atoms with Crippen LogP contribution in [0.1, 0.15) is 18.4 Å². The third kappa shape index (κ3) is 4.76. The van der Waals surface area contributed by atoms with Crippen molar-refractivity contribution in [1.29, 1.82) is 0 Å². The fraction of sp³-hybridized carbons (Fsp3) is 0.263. The van der Waals surface area contributed by atoms with Crippen LogP contribution in [0, 0.1) is 0 Å². The van der Waals surface area contributed by atoms with Gasteiger partial charge in [-0.1, -0.05) is 48.6 Å². The van der Waals surface area contributed by atoms with Gasteiger partial charge in [0, 0.05) is 13.1 Å². The molecular weight excluding hydrogens is 290 g/mol. The van der Waals surface area contributed by atoms with Gasteiger partial charge in [-0.25, -0.2) is 0 Å². The summed E-state index contributed by atoms with van der Waals surface area (Å²) in [5, 5.41) is 3.32. The van der Waals surface area contributed by atoms with Gasteiger partial charge < -0.3 is 19.5 Å². The van der Waals surface area contributed by atoms with Crippen molar-refractivity contribution in [2.24, 2.45) is 0 Å². The van der Waals surface area contributed by atoms with Gasteiger partial charge in [0.1, 0.15) is 12.9 Å². The van der Waals surface area contributed by atoms with Gasteiger partial charge in [-0.2, -0.15) is 0 Å². The quantitative estimate of drug-likeness (QED) is 0.778. The van der Waals surface area contributed by atoms with Crippen molar-refractivity contribution in [2.45, 2.75) is 19.4 Å². The third-order valence-electron chi connectivity index (χ3n) is 3.59. The Labute approximate surface area is 136 Å². The fourth-order valence-corrected chi connectivity index (χ4v) is 2.36. The van der Waals surface area contributed by atoms with E-state index >= 15 is 0 Å². The Balaban J connectivity index is 1.34. The van der Waals surface area contributed by atoms with Crippen molar-refractivity contribution in [1.82, 2.24) is 5.32 Å². The highest BCUT2D eigenvalue weighted by atomic mass is 16.7. The first-order valence-corrected chi connectivity index (χ1v) is 7.89. The molecule has 3 rings (SSSR count). The van der Waals surface area contributed by atoms with Crippen molar-refractivity contribution in [2.75, 3.05) is 13.2 Å². The van der Waals surface area contributed by atoms with E-state index in [0.717, 1.165) is 37.3 Å². The molecule has 0 amide bonds. The lowest BCUT2D eigenvalue weighted by Crippen LogP contribution is -2.19. The molecule has 1 aliphatic heterocycles. The fourth-order valence-electron chi connectivity index (χ4n) is 2.36. The van der Waals surface area contributed by atoms with Crippen LogP contribution in [0.15, 0.2) is 78.4 Å². The number of nitrogens with one attached hydrogen (secondary N) is 1. The van der Waals surface area contributed by atoms with Crippen molar-refractivity contribution in [3.63, 3.8) is 0 Å². The van der Waals surface area contributed by atoms with E-state index in [-0.39, 0.29) is 0 Å². The van der Waals surface area contributed by atoms with Gasteiger partial charge in [0.05, 0.1) is 0 Å². The molecule has 1 heterocycles. The summed E-state index contributed by atoms with van der Waals surface area (Å²) in [6.45, 7) is 2.09. The van der Waals surface area contributed by atoms with E-state index in [4.69, 9.17) is 14.2 Å². The molecule has 0 bridgehead atoms. The molecule has 0 saturated heterocycles. The van der Waals surface area contributed by atoms with E-state index in [9.17, 15) is 0 Å². The molecule has 0 fully saturated rings. The molecule has 2 aliphatic rings. The molecule has 4 heteroatoms. The van der Waals surface area contributed by atoms with Crippen LogP contribution in [0.4, 0.5) is 0 Å². The minimum Gasteiger partial charge on any atom is -0.462 e. The highest BCUT2D eigenvalue weighted by Gasteiger charge is 2.14. The smallest absolute Gasteiger partial charge is 0.321 e. The van der Waals surface area contributed by atoms with Gasteiger partial charge in [0.2, 0.25) is 0 Å². The highest BCUT2D eigenvalue weighted by molar-refractivity contribution is 5.32. The maximum atomic E-state index is 5.58. The van der Waals surface area contributed by atoms with E-state index in [1.165, 1.54) is 11.8 Å². The Hall–Kier alpha value is -2.46. The predicted octanol–water partition coefficient (Wildman–Crippen LogP) is 3.76. The van der Waals surface area contributed by atoms with E-state index in [2.05, 4.69) is 23.5 Å². The van der Waals surface area contributed by atoms with Crippen LogP contribution in [0.2, 0.25) is 0 Å². The summed E-state index contributed by atoms with van der Waals surface area (Å²) in [5.74, 6) is 1.14. The zero-order chi connectivity index (χ0) is 15.7. The number of benzene rings is 1. The molecule has 120 valence electrons. The van der Waals surface area contributed by atoms with Crippen LogP contribution in [-0.2, 0) is 20.8 Å². The lowest BCUT2D eigenvalue weighted by atomic mass is 10.0. The average molecular weight is 311 g/mol. The Bertz CT molecular complexity index is 629. The van der Waals surface area contributed by atoms with E-state index < -0.39 is 0 Å². The summed E-state index contributed by atoms with van der Waals surface area (Å²) in [4.78, 5) is 0. The van der Waals surface area contributed by atoms with Crippen molar-refractivity contribution in [3.05, 3.63) is 83.9 Å². The maximum absolute atomic E-state index is 5.58. The molecule has 23 heavy (non-hydrogen) atoms. The van der Waals surface area contributed by atoms with Gasteiger partial charge in [-0.3, -0.25) is 0 Å². The second-order valence-electron chi connectivity index (χ2n) is 5.32. The van der Waals surface area contributed by atoms with Crippen LogP contribution >= 0.6 is 0 Å². The summed E-state index contributed by atoms with van der Waals surface area (Å²) >= 11 is 0. The minimum atomic E-state index is 0.391. The average Bonchev–Trinajstić information content (AvgIpc) is 2.64. The maximum Gasteiger partial charge on any atom is 0.321 e. The Kier molecular flexibility index (Phi) is 5.53. The molecule has 1 N–H and O–H groups in total. The van der Waals surface area contributed by atoms with Crippen molar-refractivity contribution >= 4 is 0 Å². The molecule has 0 aromatic heterocycles. The van der Waals surface area contributed by atoms with Crippen LogP contribution < -0.4 is 5.32 Å². The minimum absolute atomic E-state index is 0.391. The van der Waals surface area contributed by atoms with Gasteiger partial charge >= 0.3 is 5.95 Å². The summed E-state index contributed by atoms with van der Waals surface area (Å²) in [7, 11) is 0. The van der Waals surface area contributed by atoms with Crippen LogP contribution in [0.25, 0.3) is 0 Å². The molecule has 1 aliphatic carbocycles. The molecule has 1 aromatic rings. The zero-order valence-electron chi connectivity index (χ0n) is 13.0. The zero-order valence-corrected chi connectivity index (χ0v) is 13.0. The molecular formula is C19H21NO3. The molecule has 0 saturated carbocycles. The first kappa shape index (κ1) is 15.4. The number of hydrogen-bond donors (Lipinski definition) is 1. The molecule has 0 radical (unpaired) electrons. The SMILES string of the molecule is C1=CCCC(C2=COC(OCCNCc3ccccc3)=CO2)=C1. The second kappa shape index (κ2) is 8.25. The predicted molar refractivity (Wildman–Crippen MR) is 88.9 cm³/mol. The number of ether oxygens (including phenoxy) is 3. The molecule has 0 unspecified atom stereocenters. The van der Waals surface area contributed by atoms with Crippen LogP contribution in [0.3, 0.4) is 0 Å². The second-order valence-corrected chi connectivity index (χ2v) is 5.32. The van der Waals surface area contributed by atoms with Gasteiger partial charge in [-0.05, 0) is 24.0 Å². The largest absolute Gasteiger partial charge is 0.462 e. The summed E-state index contributed by atoms with van der Waals surface area (Å²) < 4.78 is 16.6. The Morgan fingerprint density at radius 2 is 2.00 bits per heavy atom. The van der Waals surface area contributed by atoms with E-state index in [1.807, 2.05) is 30.4 Å². The van der Waals surface area contributed by atoms with Gasteiger partial charge in [0.15, 0.2) is 12.0 Å². The normalized spacial score (nSPS) is 16.6. The molecule has 0 atom stereocenters. The molecule has 0 spiro atoms. The summed E-state index contributed by atoms with van der Waals surface area (Å²) in [6, 6.07) is 10.3. The summed E-state index contributed by atoms with van der Waals surface area (Å²) in [6.07, 6.45) is 11.4. The topological polar surface area (TPSA) is 39.7 Å². The van der Waals surface area contributed by atoms with E-state index in [0.29, 0.717) is 12.6 Å². The first-order valence-electron chi connectivity index (χ1n) is 7.89. The van der Waals surface area contributed by atoms with Gasteiger partial charge in [-0.15, -0.1) is 0 Å². The van der Waals surface area contributed by atoms with Crippen LogP contribution in [0.5, 0.6) is 0 Å². The molecule has 4 nitrogen and oxygen atoms in total. The lowest BCUT2D eigenvalue weighted by Gasteiger charge is -2.18. The Morgan fingerprint density at radius 3 is 2.74 bits per heavy atom. The van der Waals surface area contributed by atoms with Crippen LogP contribution in [-0.4, -0.2) is 13.2 Å². The standard InChI is InChI=1S/C19H21NO3/c1-3-7-16(8-4-1)13-20-11-12-21-19-15-22-18(14-23-19)17-9-5-2-6-10-17/h1-5,7-9,14-15,20H,6,10-13H2. The monoisotopic (exact) mass is 311 g/mol. The van der Waals surface area contributed by atoms with E-state index in [1.54, 1.807) is 6.26 Å². The number of hydrogen-bond acceptors (Lipinski definition) is 4. The van der Waals surface area contributed by atoms with Crippen molar-refractivity contribution in [3.8, 4) is 0 Å². The highest BCUT2D eigenvalue weighted by Crippen LogP contribution is 2.25. The third-order valence-corrected chi connectivity index (χ3v) is 3.59. The Morgan fingerprint density at radius 1 is 1.09 bits per heavy atom.